The first-order chi connectivity index (χ1) is 9.65. The fraction of sp³-hybridized carbons (Fsp3) is 0.0714. The maximum atomic E-state index is 12.0. The predicted octanol–water partition coefficient (Wildman–Crippen LogP) is 1.20. The number of amides is 2. The molecule has 0 aliphatic carbocycles. The zero-order valence-corrected chi connectivity index (χ0v) is 10.6. The molecule has 0 atom stereocenters. The third-order valence-corrected chi connectivity index (χ3v) is 2.40. The molecule has 0 aliphatic rings. The van der Waals surface area contributed by atoms with E-state index in [1.165, 1.54) is 6.07 Å². The van der Waals surface area contributed by atoms with Gasteiger partial charge in [0.2, 0.25) is 0 Å². The van der Waals surface area contributed by atoms with E-state index in [1.807, 2.05) is 0 Å². The second-order valence-electron chi connectivity index (χ2n) is 3.98. The van der Waals surface area contributed by atoms with Crippen molar-refractivity contribution in [1.29, 1.82) is 0 Å². The van der Waals surface area contributed by atoms with Gasteiger partial charge in [-0.1, -0.05) is 6.07 Å². The molecule has 0 spiro atoms. The smallest absolute Gasteiger partial charge is 0.255 e. The highest BCUT2D eigenvalue weighted by atomic mass is 16.5. The van der Waals surface area contributed by atoms with Crippen molar-refractivity contribution in [1.82, 2.24) is 4.98 Å². The van der Waals surface area contributed by atoms with Crippen molar-refractivity contribution in [2.75, 3.05) is 11.9 Å². The van der Waals surface area contributed by atoms with E-state index in [0.29, 0.717) is 17.0 Å². The molecular formula is C14H13N3O3. The Morgan fingerprint density at radius 1 is 1.25 bits per heavy atom. The maximum absolute atomic E-state index is 12.0. The van der Waals surface area contributed by atoms with Crippen LogP contribution in [-0.4, -0.2) is 23.4 Å². The summed E-state index contributed by atoms with van der Waals surface area (Å²) in [5.74, 6) is -0.458. The first-order valence-electron chi connectivity index (χ1n) is 5.88. The molecule has 0 aliphatic heterocycles. The number of ether oxygens (including phenoxy) is 1. The van der Waals surface area contributed by atoms with Gasteiger partial charge in [0, 0.05) is 11.8 Å². The van der Waals surface area contributed by atoms with Crippen LogP contribution in [0.15, 0.2) is 48.8 Å². The van der Waals surface area contributed by atoms with E-state index in [1.54, 1.807) is 42.7 Å². The highest BCUT2D eigenvalue weighted by Crippen LogP contribution is 2.14. The van der Waals surface area contributed by atoms with Crippen LogP contribution >= 0.6 is 0 Å². The van der Waals surface area contributed by atoms with E-state index < -0.39 is 5.91 Å². The summed E-state index contributed by atoms with van der Waals surface area (Å²) >= 11 is 0. The summed E-state index contributed by atoms with van der Waals surface area (Å²) in [6, 6.07) is 9.94. The number of carbonyl (C=O) groups is 2. The average molecular weight is 271 g/mol. The third kappa shape index (κ3) is 3.81. The van der Waals surface area contributed by atoms with Crippen molar-refractivity contribution in [3.63, 3.8) is 0 Å². The number of pyridine rings is 1. The molecule has 2 amide bonds. The number of rotatable bonds is 5. The van der Waals surface area contributed by atoms with E-state index in [-0.39, 0.29) is 12.5 Å². The summed E-state index contributed by atoms with van der Waals surface area (Å²) in [7, 11) is 0. The van der Waals surface area contributed by atoms with E-state index in [0.717, 1.165) is 0 Å². The molecule has 20 heavy (non-hydrogen) atoms. The number of nitrogens with one attached hydrogen (secondary N) is 1. The van der Waals surface area contributed by atoms with Gasteiger partial charge < -0.3 is 15.8 Å². The molecule has 0 radical (unpaired) electrons. The quantitative estimate of drug-likeness (QED) is 0.854. The van der Waals surface area contributed by atoms with E-state index in [9.17, 15) is 9.59 Å². The zero-order chi connectivity index (χ0) is 14.4. The van der Waals surface area contributed by atoms with Gasteiger partial charge in [-0.15, -0.1) is 0 Å². The lowest BCUT2D eigenvalue weighted by atomic mass is 10.2. The highest BCUT2D eigenvalue weighted by molar-refractivity contribution is 6.04. The lowest BCUT2D eigenvalue weighted by Crippen LogP contribution is -2.20. The van der Waals surface area contributed by atoms with Crippen LogP contribution in [0.3, 0.4) is 0 Å². The molecule has 1 heterocycles. The summed E-state index contributed by atoms with van der Waals surface area (Å²) < 4.78 is 5.14. The van der Waals surface area contributed by atoms with E-state index >= 15 is 0 Å². The molecule has 0 unspecified atom stereocenters. The van der Waals surface area contributed by atoms with Crippen LogP contribution in [0, 0.1) is 0 Å². The van der Waals surface area contributed by atoms with Crippen molar-refractivity contribution in [2.45, 2.75) is 0 Å². The Balaban J connectivity index is 2.06. The van der Waals surface area contributed by atoms with Crippen LogP contribution in [-0.2, 0) is 4.79 Å². The van der Waals surface area contributed by atoms with Crippen molar-refractivity contribution >= 4 is 17.5 Å². The number of hydrogen-bond donors (Lipinski definition) is 2. The average Bonchev–Trinajstić information content (AvgIpc) is 2.46. The van der Waals surface area contributed by atoms with Gasteiger partial charge in [0.15, 0.2) is 6.61 Å². The molecule has 102 valence electrons. The Hall–Kier alpha value is -2.89. The first-order valence-corrected chi connectivity index (χ1v) is 5.88. The van der Waals surface area contributed by atoms with E-state index in [2.05, 4.69) is 10.3 Å². The number of benzene rings is 1. The molecule has 1 aromatic heterocycles. The normalized spacial score (nSPS) is 9.80. The van der Waals surface area contributed by atoms with Crippen LogP contribution < -0.4 is 15.8 Å². The Bertz CT molecular complexity index is 614. The molecule has 6 heteroatoms. The van der Waals surface area contributed by atoms with Crippen molar-refractivity contribution in [3.8, 4) is 5.75 Å². The third-order valence-electron chi connectivity index (χ3n) is 2.40. The SMILES string of the molecule is NC(=O)COc1cccc(C(=O)Nc2cccnc2)c1. The lowest BCUT2D eigenvalue weighted by molar-refractivity contribution is -0.119. The summed E-state index contributed by atoms with van der Waals surface area (Å²) in [4.78, 5) is 26.6. The lowest BCUT2D eigenvalue weighted by Gasteiger charge is -2.07. The Morgan fingerprint density at radius 2 is 2.10 bits per heavy atom. The van der Waals surface area contributed by atoms with Gasteiger partial charge in [-0.05, 0) is 30.3 Å². The molecule has 1 aromatic carbocycles. The minimum absolute atomic E-state index is 0.228. The number of aromatic nitrogens is 1. The Morgan fingerprint density at radius 3 is 2.80 bits per heavy atom. The second kappa shape index (κ2) is 6.33. The number of hydrogen-bond acceptors (Lipinski definition) is 4. The minimum atomic E-state index is -0.574. The predicted molar refractivity (Wildman–Crippen MR) is 73.3 cm³/mol. The fourth-order valence-corrected chi connectivity index (χ4v) is 1.52. The number of carbonyl (C=O) groups excluding carboxylic acids is 2. The molecule has 2 aromatic rings. The summed E-state index contributed by atoms with van der Waals surface area (Å²) in [5, 5.41) is 2.70. The van der Waals surface area contributed by atoms with Gasteiger partial charge >= 0.3 is 0 Å². The zero-order valence-electron chi connectivity index (χ0n) is 10.6. The Labute approximate surface area is 115 Å². The fourth-order valence-electron chi connectivity index (χ4n) is 1.52. The summed E-state index contributed by atoms with van der Waals surface area (Å²) in [5.41, 5.74) is 6.00. The molecule has 3 N–H and O–H groups in total. The van der Waals surface area contributed by atoms with Gasteiger partial charge in [0.1, 0.15) is 5.75 Å². The monoisotopic (exact) mass is 271 g/mol. The number of anilines is 1. The van der Waals surface area contributed by atoms with Gasteiger partial charge in [-0.2, -0.15) is 0 Å². The van der Waals surface area contributed by atoms with Crippen LogP contribution in [0.5, 0.6) is 5.75 Å². The number of nitrogens with zero attached hydrogens (tertiary/aromatic N) is 1. The minimum Gasteiger partial charge on any atom is -0.484 e. The van der Waals surface area contributed by atoms with E-state index in [4.69, 9.17) is 10.5 Å². The largest absolute Gasteiger partial charge is 0.484 e. The molecule has 6 nitrogen and oxygen atoms in total. The van der Waals surface area contributed by atoms with Crippen LogP contribution in [0.2, 0.25) is 0 Å². The van der Waals surface area contributed by atoms with Crippen LogP contribution in [0.1, 0.15) is 10.4 Å². The van der Waals surface area contributed by atoms with Crippen molar-refractivity contribution < 1.29 is 14.3 Å². The summed E-state index contributed by atoms with van der Waals surface area (Å²) in [6.45, 7) is -0.228. The number of nitrogens with two attached hydrogens (primary N) is 1. The van der Waals surface area contributed by atoms with Crippen LogP contribution in [0.25, 0.3) is 0 Å². The molecule has 2 rings (SSSR count). The molecule has 0 fully saturated rings. The van der Waals surface area contributed by atoms with Crippen molar-refractivity contribution in [2.24, 2.45) is 5.73 Å². The molecule has 0 saturated heterocycles. The second-order valence-corrected chi connectivity index (χ2v) is 3.98. The molecule has 0 bridgehead atoms. The van der Waals surface area contributed by atoms with Gasteiger partial charge in [-0.3, -0.25) is 14.6 Å². The van der Waals surface area contributed by atoms with Crippen molar-refractivity contribution in [3.05, 3.63) is 54.4 Å². The van der Waals surface area contributed by atoms with Gasteiger partial charge in [0.25, 0.3) is 11.8 Å². The van der Waals surface area contributed by atoms with Crippen LogP contribution in [0.4, 0.5) is 5.69 Å². The highest BCUT2D eigenvalue weighted by Gasteiger charge is 2.07. The first kappa shape index (κ1) is 13.5. The topological polar surface area (TPSA) is 94.3 Å². The van der Waals surface area contributed by atoms with Gasteiger partial charge in [-0.25, -0.2) is 0 Å². The standard InChI is InChI=1S/C14H13N3O3/c15-13(18)9-20-12-5-1-3-10(7-12)14(19)17-11-4-2-6-16-8-11/h1-8H,9H2,(H2,15,18)(H,17,19). The number of primary amides is 1. The molecular weight excluding hydrogens is 258 g/mol. The Kier molecular flexibility index (Phi) is 4.28. The molecule has 0 saturated carbocycles. The maximum Gasteiger partial charge on any atom is 0.255 e. The van der Waals surface area contributed by atoms with Gasteiger partial charge in [0.05, 0.1) is 11.9 Å². The summed E-state index contributed by atoms with van der Waals surface area (Å²) in [6.07, 6.45) is 3.17.